The summed E-state index contributed by atoms with van der Waals surface area (Å²) in [7, 11) is 0. The van der Waals surface area contributed by atoms with Gasteiger partial charge >= 0.3 is 0 Å². The van der Waals surface area contributed by atoms with Crippen molar-refractivity contribution in [1.29, 1.82) is 0 Å². The van der Waals surface area contributed by atoms with Crippen LogP contribution in [-0.2, 0) is 6.54 Å². The molecule has 0 fully saturated rings. The molecule has 1 N–H and O–H groups in total. The Balaban J connectivity index is 2.59. The van der Waals surface area contributed by atoms with Gasteiger partial charge in [0.1, 0.15) is 17.2 Å². The molecule has 2 aromatic rings. The van der Waals surface area contributed by atoms with Crippen molar-refractivity contribution in [3.05, 3.63) is 35.7 Å². The first-order chi connectivity index (χ1) is 8.15. The minimum Gasteiger partial charge on any atom is -0.311 e. The quantitative estimate of drug-likeness (QED) is 0.883. The molecule has 0 aromatic carbocycles. The zero-order valence-electron chi connectivity index (χ0n) is 10.5. The first-order valence-corrected chi connectivity index (χ1v) is 6.01. The van der Waals surface area contributed by atoms with Gasteiger partial charge in [-0.15, -0.1) is 0 Å². The Morgan fingerprint density at radius 2 is 2.24 bits per heavy atom. The maximum atomic E-state index is 13.9. The number of aromatic nitrogens is 2. The normalized spacial score (nSPS) is 11.6. The van der Waals surface area contributed by atoms with E-state index in [1.165, 1.54) is 6.07 Å². The summed E-state index contributed by atoms with van der Waals surface area (Å²) < 4.78 is 15.7. The molecule has 0 spiro atoms. The van der Waals surface area contributed by atoms with E-state index in [4.69, 9.17) is 0 Å². The van der Waals surface area contributed by atoms with Gasteiger partial charge in [-0.3, -0.25) is 0 Å². The second-order valence-electron chi connectivity index (χ2n) is 4.43. The number of nitrogens with one attached hydrogen (secondary N) is 1. The molecule has 92 valence electrons. The molecule has 0 radical (unpaired) electrons. The van der Waals surface area contributed by atoms with E-state index in [0.717, 1.165) is 18.1 Å². The number of fused-ring (bicyclic) bond motifs is 1. The average molecular weight is 235 g/mol. The number of pyridine rings is 1. The molecule has 0 unspecified atom stereocenters. The number of nitrogens with zero attached hydrogens (tertiary/aromatic N) is 2. The van der Waals surface area contributed by atoms with E-state index in [-0.39, 0.29) is 11.7 Å². The minimum absolute atomic E-state index is 0.209. The number of rotatable bonds is 4. The standard InChI is InChI=1S/C13H18FN3/c1-4-15-8-11-12-10(14)6-5-7-17(12)13(16-11)9(2)3/h5-7,9,15H,4,8H2,1-3H3. The van der Waals surface area contributed by atoms with Gasteiger partial charge in [-0.05, 0) is 18.7 Å². The molecule has 3 nitrogen and oxygen atoms in total. The van der Waals surface area contributed by atoms with Gasteiger partial charge < -0.3 is 9.72 Å². The van der Waals surface area contributed by atoms with Crippen molar-refractivity contribution in [2.24, 2.45) is 0 Å². The van der Waals surface area contributed by atoms with Crippen LogP contribution in [0.25, 0.3) is 5.52 Å². The van der Waals surface area contributed by atoms with Crippen molar-refractivity contribution in [3.8, 4) is 0 Å². The number of halogens is 1. The van der Waals surface area contributed by atoms with E-state index in [1.807, 2.05) is 17.5 Å². The predicted molar refractivity (Wildman–Crippen MR) is 66.6 cm³/mol. The van der Waals surface area contributed by atoms with Gasteiger partial charge in [0.25, 0.3) is 0 Å². The zero-order chi connectivity index (χ0) is 12.4. The fraction of sp³-hybridized carbons (Fsp3) is 0.462. The summed E-state index contributed by atoms with van der Waals surface area (Å²) in [5.41, 5.74) is 1.38. The Morgan fingerprint density at radius 1 is 1.47 bits per heavy atom. The minimum atomic E-state index is -0.209. The fourth-order valence-corrected chi connectivity index (χ4v) is 1.97. The van der Waals surface area contributed by atoms with Gasteiger partial charge in [0.15, 0.2) is 0 Å². The Morgan fingerprint density at radius 3 is 2.88 bits per heavy atom. The summed E-state index contributed by atoms with van der Waals surface area (Å²) in [6, 6.07) is 3.20. The van der Waals surface area contributed by atoms with Crippen LogP contribution in [-0.4, -0.2) is 15.9 Å². The Hall–Kier alpha value is -1.42. The van der Waals surface area contributed by atoms with Crippen LogP contribution < -0.4 is 5.32 Å². The van der Waals surface area contributed by atoms with Gasteiger partial charge in [0.05, 0.1) is 5.69 Å². The molecule has 2 heterocycles. The van der Waals surface area contributed by atoms with Crippen LogP contribution in [0.15, 0.2) is 18.3 Å². The zero-order valence-corrected chi connectivity index (χ0v) is 10.5. The average Bonchev–Trinajstić information content (AvgIpc) is 2.67. The topological polar surface area (TPSA) is 29.3 Å². The van der Waals surface area contributed by atoms with Crippen molar-refractivity contribution >= 4 is 5.52 Å². The van der Waals surface area contributed by atoms with Gasteiger partial charge in [-0.2, -0.15) is 0 Å². The van der Waals surface area contributed by atoms with Crippen LogP contribution in [0.4, 0.5) is 4.39 Å². The molecule has 0 bridgehead atoms. The lowest BCUT2D eigenvalue weighted by atomic mass is 10.2. The van der Waals surface area contributed by atoms with Crippen molar-refractivity contribution in [2.45, 2.75) is 33.2 Å². The number of hydrogen-bond donors (Lipinski definition) is 1. The van der Waals surface area contributed by atoms with Crippen LogP contribution in [0.5, 0.6) is 0 Å². The van der Waals surface area contributed by atoms with Crippen molar-refractivity contribution in [3.63, 3.8) is 0 Å². The lowest BCUT2D eigenvalue weighted by molar-refractivity contribution is 0.628. The largest absolute Gasteiger partial charge is 0.311 e. The van der Waals surface area contributed by atoms with E-state index in [9.17, 15) is 4.39 Å². The van der Waals surface area contributed by atoms with Gasteiger partial charge in [-0.1, -0.05) is 20.8 Å². The highest BCUT2D eigenvalue weighted by Gasteiger charge is 2.15. The van der Waals surface area contributed by atoms with Crippen molar-refractivity contribution < 1.29 is 4.39 Å². The summed E-state index contributed by atoms with van der Waals surface area (Å²) >= 11 is 0. The third-order valence-corrected chi connectivity index (χ3v) is 2.77. The smallest absolute Gasteiger partial charge is 0.149 e. The third kappa shape index (κ3) is 2.17. The molecule has 0 saturated carbocycles. The van der Waals surface area contributed by atoms with Gasteiger partial charge in [0, 0.05) is 18.7 Å². The lowest BCUT2D eigenvalue weighted by Gasteiger charge is -2.03. The molecule has 0 atom stereocenters. The van der Waals surface area contributed by atoms with Crippen LogP contribution >= 0.6 is 0 Å². The highest BCUT2D eigenvalue weighted by Crippen LogP contribution is 2.21. The molecule has 0 aliphatic heterocycles. The molecule has 2 rings (SSSR count). The molecule has 17 heavy (non-hydrogen) atoms. The summed E-state index contributed by atoms with van der Waals surface area (Å²) in [5, 5.41) is 3.19. The second-order valence-corrected chi connectivity index (χ2v) is 4.43. The molecular weight excluding hydrogens is 217 g/mol. The van der Waals surface area contributed by atoms with E-state index < -0.39 is 0 Å². The molecule has 0 saturated heterocycles. The maximum absolute atomic E-state index is 13.9. The van der Waals surface area contributed by atoms with Crippen LogP contribution in [0.3, 0.4) is 0 Å². The van der Waals surface area contributed by atoms with Crippen LogP contribution in [0.1, 0.15) is 38.2 Å². The fourth-order valence-electron chi connectivity index (χ4n) is 1.97. The van der Waals surface area contributed by atoms with Crippen molar-refractivity contribution in [1.82, 2.24) is 14.7 Å². The molecule has 4 heteroatoms. The number of hydrogen-bond acceptors (Lipinski definition) is 2. The summed E-state index contributed by atoms with van der Waals surface area (Å²) in [5.74, 6) is 0.979. The summed E-state index contributed by atoms with van der Waals surface area (Å²) in [6.07, 6.45) is 1.87. The lowest BCUT2D eigenvalue weighted by Crippen LogP contribution is -2.12. The number of imidazole rings is 1. The molecule has 0 amide bonds. The summed E-state index contributed by atoms with van der Waals surface area (Å²) in [6.45, 7) is 7.61. The Bertz CT molecular complexity index is 517. The van der Waals surface area contributed by atoms with Crippen LogP contribution in [0.2, 0.25) is 0 Å². The van der Waals surface area contributed by atoms with Crippen molar-refractivity contribution in [2.75, 3.05) is 6.54 Å². The Kier molecular flexibility index (Phi) is 3.43. The van der Waals surface area contributed by atoms with E-state index in [0.29, 0.717) is 12.1 Å². The molecule has 0 aliphatic carbocycles. The maximum Gasteiger partial charge on any atom is 0.149 e. The molecule has 0 aliphatic rings. The molecular formula is C13H18FN3. The SMILES string of the molecule is CCNCc1nc(C(C)C)n2cccc(F)c12. The van der Waals surface area contributed by atoms with Crippen LogP contribution in [0, 0.1) is 5.82 Å². The van der Waals surface area contributed by atoms with Gasteiger partial charge in [-0.25, -0.2) is 9.37 Å². The monoisotopic (exact) mass is 235 g/mol. The van der Waals surface area contributed by atoms with E-state index in [1.54, 1.807) is 6.07 Å². The predicted octanol–water partition coefficient (Wildman–Crippen LogP) is 2.71. The summed E-state index contributed by atoms with van der Waals surface area (Å²) in [4.78, 5) is 4.55. The molecule has 2 aromatic heterocycles. The Labute approximate surface area is 101 Å². The second kappa shape index (κ2) is 4.84. The third-order valence-electron chi connectivity index (χ3n) is 2.77. The van der Waals surface area contributed by atoms with E-state index >= 15 is 0 Å². The van der Waals surface area contributed by atoms with Gasteiger partial charge in [0.2, 0.25) is 0 Å². The highest BCUT2D eigenvalue weighted by molar-refractivity contribution is 5.54. The first kappa shape index (κ1) is 12.0. The van der Waals surface area contributed by atoms with E-state index in [2.05, 4.69) is 24.1 Å². The first-order valence-electron chi connectivity index (χ1n) is 6.01. The highest BCUT2D eigenvalue weighted by atomic mass is 19.1.